The third-order valence-corrected chi connectivity index (χ3v) is 9.60. The summed E-state index contributed by atoms with van der Waals surface area (Å²) < 4.78 is 0. The van der Waals surface area contributed by atoms with E-state index < -0.39 is 5.97 Å². The number of carboxylic acid groups (broad SMARTS) is 1. The standard InChI is InChI=1S/C20H28O3/c1-17(2)13-4-7-19-9-12-11(20(12,10-19)16(22)23)8-14(19)18(13,3)6-5-15(17)21/h11-14H,4-10H2,1-3H3,(H,22,23)/t11-,12-,13-,14+,18-,19+,20-/m1/s1. The van der Waals surface area contributed by atoms with Gasteiger partial charge in [-0.1, -0.05) is 20.8 Å². The van der Waals surface area contributed by atoms with Crippen molar-refractivity contribution in [1.82, 2.24) is 0 Å². The lowest BCUT2D eigenvalue weighted by atomic mass is 9.39. The Balaban J connectivity index is 1.55. The van der Waals surface area contributed by atoms with Crippen LogP contribution < -0.4 is 0 Å². The highest BCUT2D eigenvalue weighted by atomic mass is 16.4. The highest BCUT2D eigenvalue weighted by molar-refractivity contribution is 5.85. The summed E-state index contributed by atoms with van der Waals surface area (Å²) in [4.78, 5) is 24.4. The summed E-state index contributed by atoms with van der Waals surface area (Å²) >= 11 is 0. The lowest BCUT2D eigenvalue weighted by molar-refractivity contribution is -0.176. The minimum absolute atomic E-state index is 0.192. The fourth-order valence-corrected chi connectivity index (χ4v) is 8.59. The summed E-state index contributed by atoms with van der Waals surface area (Å²) in [7, 11) is 0. The summed E-state index contributed by atoms with van der Waals surface area (Å²) in [6, 6.07) is 0. The molecule has 0 aliphatic heterocycles. The van der Waals surface area contributed by atoms with Gasteiger partial charge in [0.15, 0.2) is 0 Å². The third-order valence-electron chi connectivity index (χ3n) is 9.60. The fraction of sp³-hybridized carbons (Fsp3) is 0.900. The van der Waals surface area contributed by atoms with Gasteiger partial charge in [0.25, 0.3) is 0 Å². The maximum atomic E-state index is 12.5. The number of hydrogen-bond acceptors (Lipinski definition) is 2. The van der Waals surface area contributed by atoms with E-state index in [1.807, 2.05) is 0 Å². The molecule has 6 aliphatic carbocycles. The van der Waals surface area contributed by atoms with Crippen molar-refractivity contribution >= 4 is 11.8 Å². The van der Waals surface area contributed by atoms with Gasteiger partial charge in [0.05, 0.1) is 5.41 Å². The van der Waals surface area contributed by atoms with Gasteiger partial charge in [-0.15, -0.1) is 0 Å². The van der Waals surface area contributed by atoms with Gasteiger partial charge in [-0.25, -0.2) is 0 Å². The molecule has 23 heavy (non-hydrogen) atoms. The van der Waals surface area contributed by atoms with Crippen LogP contribution in [-0.4, -0.2) is 16.9 Å². The highest BCUT2D eigenvalue weighted by Crippen LogP contribution is 2.85. The van der Waals surface area contributed by atoms with Crippen LogP contribution >= 0.6 is 0 Å². The number of rotatable bonds is 1. The molecule has 0 heterocycles. The Morgan fingerprint density at radius 1 is 1.13 bits per heavy atom. The molecule has 0 aromatic heterocycles. The average Bonchev–Trinajstić information content (AvgIpc) is 2.99. The predicted molar refractivity (Wildman–Crippen MR) is 85.7 cm³/mol. The number of Topliss-reactive ketones (excluding diaryl/α,β-unsaturated/α-hetero) is 1. The Morgan fingerprint density at radius 2 is 1.87 bits per heavy atom. The van der Waals surface area contributed by atoms with E-state index in [4.69, 9.17) is 0 Å². The van der Waals surface area contributed by atoms with Crippen LogP contribution in [0.15, 0.2) is 0 Å². The minimum atomic E-state index is -0.519. The summed E-state index contributed by atoms with van der Waals surface area (Å²) in [5.41, 5.74) is -0.0181. The van der Waals surface area contributed by atoms with E-state index in [1.54, 1.807) is 0 Å². The maximum Gasteiger partial charge on any atom is 0.310 e. The lowest BCUT2D eigenvalue weighted by Gasteiger charge is -2.64. The molecule has 1 N–H and O–H groups in total. The van der Waals surface area contributed by atoms with Gasteiger partial charge in [0.2, 0.25) is 0 Å². The number of ketones is 1. The van der Waals surface area contributed by atoms with Crippen molar-refractivity contribution < 1.29 is 14.7 Å². The zero-order chi connectivity index (χ0) is 16.4. The topological polar surface area (TPSA) is 54.4 Å². The van der Waals surface area contributed by atoms with Crippen molar-refractivity contribution in [1.29, 1.82) is 0 Å². The Morgan fingerprint density at radius 3 is 2.52 bits per heavy atom. The number of fused-ring (bicyclic) bond motifs is 1. The molecule has 6 rings (SSSR count). The van der Waals surface area contributed by atoms with Gasteiger partial charge in [-0.05, 0) is 73.0 Å². The summed E-state index contributed by atoms with van der Waals surface area (Å²) in [5, 5.41) is 9.79. The van der Waals surface area contributed by atoms with E-state index >= 15 is 0 Å². The lowest BCUT2D eigenvalue weighted by Crippen LogP contribution is -2.59. The largest absolute Gasteiger partial charge is 0.481 e. The van der Waals surface area contributed by atoms with Crippen LogP contribution in [0.3, 0.4) is 0 Å². The normalized spacial score (nSPS) is 58.3. The first-order valence-corrected chi connectivity index (χ1v) is 9.45. The first-order chi connectivity index (χ1) is 10.7. The molecule has 0 unspecified atom stereocenters. The first kappa shape index (κ1) is 14.5. The Kier molecular flexibility index (Phi) is 2.33. The molecule has 7 atom stereocenters. The van der Waals surface area contributed by atoms with Crippen molar-refractivity contribution in [2.45, 2.75) is 65.7 Å². The van der Waals surface area contributed by atoms with Gasteiger partial charge in [-0.3, -0.25) is 9.59 Å². The number of carbonyl (C=O) groups is 2. The number of carboxylic acids is 1. The monoisotopic (exact) mass is 316 g/mol. The summed E-state index contributed by atoms with van der Waals surface area (Å²) in [6.45, 7) is 6.78. The average molecular weight is 316 g/mol. The second kappa shape index (κ2) is 3.70. The molecule has 0 saturated heterocycles. The van der Waals surface area contributed by atoms with Crippen LogP contribution in [0.4, 0.5) is 0 Å². The van der Waals surface area contributed by atoms with Gasteiger partial charge in [-0.2, -0.15) is 0 Å². The van der Waals surface area contributed by atoms with E-state index in [1.165, 1.54) is 0 Å². The molecule has 3 nitrogen and oxygen atoms in total. The SMILES string of the molecule is CC1(C)C(=O)CC[C@]2(C)[C@@H]1CC[C@@]13C[C@@H]4[C@@H](C[C@H]12)[C@]4(C(=O)O)C3. The van der Waals surface area contributed by atoms with Crippen molar-refractivity contribution in [2.75, 3.05) is 0 Å². The molecule has 126 valence electrons. The van der Waals surface area contributed by atoms with Gasteiger partial charge in [0, 0.05) is 11.8 Å². The van der Waals surface area contributed by atoms with E-state index in [0.29, 0.717) is 29.5 Å². The molecule has 4 bridgehead atoms. The van der Waals surface area contributed by atoms with Crippen LogP contribution in [0.25, 0.3) is 0 Å². The van der Waals surface area contributed by atoms with Gasteiger partial charge >= 0.3 is 5.97 Å². The number of hydrogen-bond donors (Lipinski definition) is 1. The Labute approximate surface area is 138 Å². The van der Waals surface area contributed by atoms with Crippen molar-refractivity contribution in [3.8, 4) is 0 Å². The molecule has 0 aromatic carbocycles. The summed E-state index contributed by atoms with van der Waals surface area (Å²) in [5.74, 6) is 1.97. The van der Waals surface area contributed by atoms with Crippen LogP contribution in [0.1, 0.15) is 65.7 Å². The number of carbonyl (C=O) groups excluding carboxylic acids is 1. The molecular formula is C20H28O3. The van der Waals surface area contributed by atoms with E-state index in [-0.39, 0.29) is 21.7 Å². The van der Waals surface area contributed by atoms with Crippen molar-refractivity contribution in [2.24, 2.45) is 45.3 Å². The smallest absolute Gasteiger partial charge is 0.310 e. The minimum Gasteiger partial charge on any atom is -0.481 e. The van der Waals surface area contributed by atoms with Crippen LogP contribution in [0, 0.1) is 45.3 Å². The summed E-state index contributed by atoms with van der Waals surface area (Å²) in [6.07, 6.45) is 7.26. The molecule has 0 aromatic rings. The van der Waals surface area contributed by atoms with Gasteiger partial charge < -0.3 is 5.11 Å². The molecular weight excluding hydrogens is 288 g/mol. The Bertz CT molecular complexity index is 637. The van der Waals surface area contributed by atoms with Crippen LogP contribution in [0.5, 0.6) is 0 Å². The molecule has 0 radical (unpaired) electrons. The van der Waals surface area contributed by atoms with E-state index in [0.717, 1.165) is 44.9 Å². The van der Waals surface area contributed by atoms with E-state index in [2.05, 4.69) is 20.8 Å². The van der Waals surface area contributed by atoms with E-state index in [9.17, 15) is 14.7 Å². The second-order valence-corrected chi connectivity index (χ2v) is 10.3. The fourth-order valence-electron chi connectivity index (χ4n) is 8.59. The van der Waals surface area contributed by atoms with Gasteiger partial charge in [0.1, 0.15) is 5.78 Å². The highest BCUT2D eigenvalue weighted by Gasteiger charge is 2.83. The molecule has 1 spiro atoms. The number of aliphatic carboxylic acids is 1. The first-order valence-electron chi connectivity index (χ1n) is 9.45. The van der Waals surface area contributed by atoms with Crippen LogP contribution in [0.2, 0.25) is 0 Å². The third kappa shape index (κ3) is 1.34. The molecule has 6 aliphatic rings. The predicted octanol–water partition coefficient (Wildman–Crippen LogP) is 3.91. The maximum absolute atomic E-state index is 12.5. The second-order valence-electron chi connectivity index (χ2n) is 10.3. The molecule has 0 amide bonds. The van der Waals surface area contributed by atoms with Crippen molar-refractivity contribution in [3.63, 3.8) is 0 Å². The molecule has 6 saturated carbocycles. The van der Waals surface area contributed by atoms with Crippen molar-refractivity contribution in [3.05, 3.63) is 0 Å². The Hall–Kier alpha value is -0.860. The quantitative estimate of drug-likeness (QED) is 0.798. The molecule has 3 heteroatoms. The molecule has 6 fully saturated rings. The van der Waals surface area contributed by atoms with Crippen LogP contribution in [-0.2, 0) is 9.59 Å². The zero-order valence-electron chi connectivity index (χ0n) is 14.5. The zero-order valence-corrected chi connectivity index (χ0v) is 14.5.